The van der Waals surface area contributed by atoms with Crippen molar-refractivity contribution in [2.45, 2.75) is 65.6 Å². The van der Waals surface area contributed by atoms with Gasteiger partial charge in [0.05, 0.1) is 12.2 Å². The monoisotopic (exact) mass is 281 g/mol. The van der Waals surface area contributed by atoms with Crippen LogP contribution in [0.5, 0.6) is 0 Å². The molecule has 0 radical (unpaired) electrons. The van der Waals surface area contributed by atoms with Crippen molar-refractivity contribution >= 4 is 11.3 Å². The normalized spacial score (nSPS) is 20.9. The predicted octanol–water partition coefficient (Wildman–Crippen LogP) is 3.19. The second-order valence-corrected chi connectivity index (χ2v) is 6.59. The summed E-state index contributed by atoms with van der Waals surface area (Å²) in [6.07, 6.45) is 5.13. The second kappa shape index (κ2) is 7.36. The van der Waals surface area contributed by atoms with Gasteiger partial charge in [0.25, 0.3) is 0 Å². The molecule has 2 heterocycles. The quantitative estimate of drug-likeness (QED) is 0.868. The van der Waals surface area contributed by atoms with Gasteiger partial charge in [-0.15, -0.1) is 11.3 Å². The van der Waals surface area contributed by atoms with Crippen LogP contribution in [0.25, 0.3) is 0 Å². The fraction of sp³-hybridized carbons (Fsp3) is 0.800. The highest BCUT2D eigenvalue weighted by molar-refractivity contribution is 7.11. The van der Waals surface area contributed by atoms with Gasteiger partial charge in [0, 0.05) is 17.5 Å². The summed E-state index contributed by atoms with van der Waals surface area (Å²) >= 11 is 1.90. The molecule has 2 rings (SSSR count). The van der Waals surface area contributed by atoms with Crippen molar-refractivity contribution < 1.29 is 0 Å². The summed E-state index contributed by atoms with van der Waals surface area (Å²) < 4.78 is 0. The van der Waals surface area contributed by atoms with E-state index in [0.717, 1.165) is 32.1 Å². The van der Waals surface area contributed by atoms with E-state index in [1.54, 1.807) is 0 Å². The number of likely N-dealkylation sites (tertiary alicyclic amines) is 1. The van der Waals surface area contributed by atoms with Gasteiger partial charge in [-0.2, -0.15) is 0 Å². The fourth-order valence-electron chi connectivity index (χ4n) is 2.72. The van der Waals surface area contributed by atoms with Gasteiger partial charge < -0.3 is 5.32 Å². The maximum Gasteiger partial charge on any atom is 0.107 e. The van der Waals surface area contributed by atoms with Crippen molar-refractivity contribution in [1.82, 2.24) is 15.2 Å². The summed E-state index contributed by atoms with van der Waals surface area (Å²) in [5, 5.41) is 4.73. The van der Waals surface area contributed by atoms with Crippen molar-refractivity contribution in [2.75, 3.05) is 13.1 Å². The Hall–Kier alpha value is -0.450. The van der Waals surface area contributed by atoms with E-state index in [1.165, 1.54) is 41.4 Å². The number of aryl methyl sites for hydroxylation is 1. The van der Waals surface area contributed by atoms with E-state index in [4.69, 9.17) is 4.98 Å². The average Bonchev–Trinajstić information content (AvgIpc) is 2.81. The highest BCUT2D eigenvalue weighted by Crippen LogP contribution is 2.24. The molecular formula is C15H27N3S. The summed E-state index contributed by atoms with van der Waals surface area (Å²) in [7, 11) is 0. The predicted molar refractivity (Wildman–Crippen MR) is 82.6 cm³/mol. The van der Waals surface area contributed by atoms with Crippen LogP contribution in [0.3, 0.4) is 0 Å². The standard InChI is InChI=1S/C15H27N3S/c1-4-13-14(10-16-5-2)19-15(17-13)11-18-9-7-6-8-12(18)3/h12,16H,4-11H2,1-3H3. The molecule has 1 aliphatic heterocycles. The molecule has 1 aromatic rings. The van der Waals surface area contributed by atoms with E-state index in [0.29, 0.717) is 0 Å². The van der Waals surface area contributed by atoms with E-state index in [9.17, 15) is 0 Å². The first-order valence-corrected chi connectivity index (χ1v) is 8.48. The third-order valence-electron chi connectivity index (χ3n) is 3.97. The Morgan fingerprint density at radius 2 is 2.21 bits per heavy atom. The number of hydrogen-bond acceptors (Lipinski definition) is 4. The summed E-state index contributed by atoms with van der Waals surface area (Å²) in [5.41, 5.74) is 1.30. The molecule has 4 heteroatoms. The van der Waals surface area contributed by atoms with Gasteiger partial charge in [-0.25, -0.2) is 4.98 Å². The highest BCUT2D eigenvalue weighted by Gasteiger charge is 2.20. The summed E-state index contributed by atoms with van der Waals surface area (Å²) in [6, 6.07) is 0.722. The first-order chi connectivity index (χ1) is 9.24. The van der Waals surface area contributed by atoms with E-state index in [2.05, 4.69) is 31.0 Å². The van der Waals surface area contributed by atoms with Crippen LogP contribution in [0.15, 0.2) is 0 Å². The van der Waals surface area contributed by atoms with Crippen LogP contribution in [0, 0.1) is 0 Å². The lowest BCUT2D eigenvalue weighted by Gasteiger charge is -2.32. The Bertz CT molecular complexity index is 389. The molecule has 1 saturated heterocycles. The molecule has 0 amide bonds. The van der Waals surface area contributed by atoms with Crippen molar-refractivity contribution in [3.05, 3.63) is 15.6 Å². The molecule has 108 valence electrons. The minimum atomic E-state index is 0.722. The van der Waals surface area contributed by atoms with E-state index >= 15 is 0 Å². The Morgan fingerprint density at radius 1 is 1.37 bits per heavy atom. The molecule has 1 aliphatic rings. The third-order valence-corrected chi connectivity index (χ3v) is 5.05. The number of piperidine rings is 1. The van der Waals surface area contributed by atoms with Crippen molar-refractivity contribution in [3.63, 3.8) is 0 Å². The van der Waals surface area contributed by atoms with Crippen LogP contribution in [0.2, 0.25) is 0 Å². The van der Waals surface area contributed by atoms with Gasteiger partial charge in [-0.1, -0.05) is 20.3 Å². The SMILES string of the molecule is CCNCc1sc(CN2CCCCC2C)nc1CC. The minimum Gasteiger partial charge on any atom is -0.312 e. The smallest absolute Gasteiger partial charge is 0.107 e. The average molecular weight is 281 g/mol. The van der Waals surface area contributed by atoms with Gasteiger partial charge in [-0.05, 0) is 39.3 Å². The number of nitrogens with zero attached hydrogens (tertiary/aromatic N) is 2. The molecule has 0 spiro atoms. The highest BCUT2D eigenvalue weighted by atomic mass is 32.1. The number of aromatic nitrogens is 1. The molecule has 1 atom stereocenters. The fourth-order valence-corrected chi connectivity index (χ4v) is 3.88. The van der Waals surface area contributed by atoms with Crippen molar-refractivity contribution in [1.29, 1.82) is 0 Å². The molecule has 0 saturated carbocycles. The summed E-state index contributed by atoms with van der Waals surface area (Å²) in [6.45, 7) is 11.0. The minimum absolute atomic E-state index is 0.722. The van der Waals surface area contributed by atoms with Gasteiger partial charge in [0.15, 0.2) is 0 Å². The largest absolute Gasteiger partial charge is 0.312 e. The Labute approximate surface area is 121 Å². The van der Waals surface area contributed by atoms with Crippen LogP contribution >= 0.6 is 11.3 Å². The Morgan fingerprint density at radius 3 is 2.89 bits per heavy atom. The molecule has 1 N–H and O–H groups in total. The molecule has 1 fully saturated rings. The first-order valence-electron chi connectivity index (χ1n) is 7.66. The topological polar surface area (TPSA) is 28.2 Å². The lowest BCUT2D eigenvalue weighted by atomic mass is 10.0. The first kappa shape index (κ1) is 14.9. The lowest BCUT2D eigenvalue weighted by molar-refractivity contribution is 0.152. The molecule has 3 nitrogen and oxygen atoms in total. The van der Waals surface area contributed by atoms with E-state index < -0.39 is 0 Å². The number of rotatable bonds is 6. The van der Waals surface area contributed by atoms with Crippen LogP contribution in [0.1, 0.15) is 55.6 Å². The second-order valence-electron chi connectivity index (χ2n) is 5.43. The van der Waals surface area contributed by atoms with Crippen molar-refractivity contribution in [2.24, 2.45) is 0 Å². The summed E-state index contributed by atoms with van der Waals surface area (Å²) in [5.74, 6) is 0. The third kappa shape index (κ3) is 4.01. The summed E-state index contributed by atoms with van der Waals surface area (Å²) in [4.78, 5) is 8.88. The van der Waals surface area contributed by atoms with E-state index in [-0.39, 0.29) is 0 Å². The van der Waals surface area contributed by atoms with Crippen molar-refractivity contribution in [3.8, 4) is 0 Å². The molecule has 1 aromatic heterocycles. The number of thiazole rings is 1. The van der Waals surface area contributed by atoms with Crippen LogP contribution in [-0.4, -0.2) is 29.0 Å². The molecule has 1 unspecified atom stereocenters. The zero-order chi connectivity index (χ0) is 13.7. The molecule has 0 bridgehead atoms. The maximum atomic E-state index is 4.85. The molecule has 19 heavy (non-hydrogen) atoms. The molecular weight excluding hydrogens is 254 g/mol. The lowest BCUT2D eigenvalue weighted by Crippen LogP contribution is -2.36. The zero-order valence-electron chi connectivity index (χ0n) is 12.5. The van der Waals surface area contributed by atoms with Gasteiger partial charge in [0.2, 0.25) is 0 Å². The Kier molecular flexibility index (Phi) is 5.79. The zero-order valence-corrected chi connectivity index (χ0v) is 13.4. The van der Waals surface area contributed by atoms with Crippen LogP contribution in [0.4, 0.5) is 0 Å². The maximum absolute atomic E-state index is 4.85. The molecule has 0 aliphatic carbocycles. The van der Waals surface area contributed by atoms with E-state index in [1.807, 2.05) is 11.3 Å². The van der Waals surface area contributed by atoms with Crippen LogP contribution < -0.4 is 5.32 Å². The van der Waals surface area contributed by atoms with Gasteiger partial charge >= 0.3 is 0 Å². The Balaban J connectivity index is 2.01. The van der Waals surface area contributed by atoms with Gasteiger partial charge in [0.1, 0.15) is 5.01 Å². The number of nitrogens with one attached hydrogen (secondary N) is 1. The van der Waals surface area contributed by atoms with Crippen LogP contribution in [-0.2, 0) is 19.5 Å². The molecule has 0 aromatic carbocycles. The van der Waals surface area contributed by atoms with Gasteiger partial charge in [-0.3, -0.25) is 4.90 Å². The number of hydrogen-bond donors (Lipinski definition) is 1.